The number of nitrogens with one attached hydrogen (secondary N) is 1. The standard InChI is InChI=1S/C15H19N3/c1-12-4-6-15(7-5-12)18-11-13(10-17-18)9-14-3-2-8-16-14/h4-7,10-11,14,16H,2-3,8-9H2,1H3. The lowest BCUT2D eigenvalue weighted by atomic mass is 10.1. The Labute approximate surface area is 108 Å². The molecule has 0 aliphatic carbocycles. The lowest BCUT2D eigenvalue weighted by Crippen LogP contribution is -2.23. The van der Waals surface area contributed by atoms with E-state index in [2.05, 4.69) is 47.8 Å². The van der Waals surface area contributed by atoms with Crippen LogP contribution in [0.4, 0.5) is 0 Å². The fourth-order valence-corrected chi connectivity index (χ4v) is 2.52. The van der Waals surface area contributed by atoms with Gasteiger partial charge in [-0.15, -0.1) is 0 Å². The van der Waals surface area contributed by atoms with Gasteiger partial charge in [0.05, 0.1) is 11.9 Å². The maximum absolute atomic E-state index is 4.45. The van der Waals surface area contributed by atoms with Crippen molar-refractivity contribution in [2.24, 2.45) is 0 Å². The summed E-state index contributed by atoms with van der Waals surface area (Å²) in [5.41, 5.74) is 3.72. The molecule has 18 heavy (non-hydrogen) atoms. The third-order valence-corrected chi connectivity index (χ3v) is 3.58. The minimum absolute atomic E-state index is 0.640. The van der Waals surface area contributed by atoms with Gasteiger partial charge in [0, 0.05) is 12.2 Å². The molecular weight excluding hydrogens is 222 g/mol. The number of hydrogen-bond donors (Lipinski definition) is 1. The molecule has 2 aromatic rings. The first-order valence-corrected chi connectivity index (χ1v) is 6.65. The van der Waals surface area contributed by atoms with Gasteiger partial charge < -0.3 is 5.32 Å². The van der Waals surface area contributed by atoms with Crippen LogP contribution in [0.2, 0.25) is 0 Å². The third kappa shape index (κ3) is 2.46. The normalized spacial score (nSPS) is 19.3. The van der Waals surface area contributed by atoms with Gasteiger partial charge in [-0.2, -0.15) is 5.10 Å². The summed E-state index contributed by atoms with van der Waals surface area (Å²) in [6.45, 7) is 3.26. The Bertz CT molecular complexity index is 507. The smallest absolute Gasteiger partial charge is 0.0645 e. The lowest BCUT2D eigenvalue weighted by Gasteiger charge is -2.07. The predicted octanol–water partition coefficient (Wildman–Crippen LogP) is 2.48. The molecule has 1 aromatic carbocycles. The highest BCUT2D eigenvalue weighted by atomic mass is 15.3. The molecule has 1 atom stereocenters. The van der Waals surface area contributed by atoms with Crippen LogP contribution in [-0.4, -0.2) is 22.4 Å². The van der Waals surface area contributed by atoms with Crippen LogP contribution >= 0.6 is 0 Å². The van der Waals surface area contributed by atoms with Crippen molar-refractivity contribution in [3.8, 4) is 5.69 Å². The zero-order valence-corrected chi connectivity index (χ0v) is 10.8. The maximum Gasteiger partial charge on any atom is 0.0645 e. The molecule has 1 aromatic heterocycles. The van der Waals surface area contributed by atoms with Crippen LogP contribution in [-0.2, 0) is 6.42 Å². The van der Waals surface area contributed by atoms with E-state index in [0.29, 0.717) is 6.04 Å². The van der Waals surface area contributed by atoms with E-state index in [9.17, 15) is 0 Å². The van der Waals surface area contributed by atoms with E-state index >= 15 is 0 Å². The Morgan fingerprint density at radius 1 is 1.33 bits per heavy atom. The molecule has 2 heterocycles. The first kappa shape index (κ1) is 11.5. The van der Waals surface area contributed by atoms with Crippen molar-refractivity contribution < 1.29 is 0 Å². The Hall–Kier alpha value is -1.61. The summed E-state index contributed by atoms with van der Waals surface area (Å²) in [5, 5.41) is 7.97. The summed E-state index contributed by atoms with van der Waals surface area (Å²) < 4.78 is 1.96. The summed E-state index contributed by atoms with van der Waals surface area (Å²) >= 11 is 0. The van der Waals surface area contributed by atoms with Crippen molar-refractivity contribution in [1.29, 1.82) is 0 Å². The first-order valence-electron chi connectivity index (χ1n) is 6.65. The van der Waals surface area contributed by atoms with Crippen molar-refractivity contribution in [2.75, 3.05) is 6.54 Å². The van der Waals surface area contributed by atoms with E-state index in [1.54, 1.807) is 0 Å². The second-order valence-corrected chi connectivity index (χ2v) is 5.13. The number of rotatable bonds is 3. The lowest BCUT2D eigenvalue weighted by molar-refractivity contribution is 0.603. The molecule has 1 fully saturated rings. The Morgan fingerprint density at radius 3 is 2.89 bits per heavy atom. The average molecular weight is 241 g/mol. The number of hydrogen-bond acceptors (Lipinski definition) is 2. The van der Waals surface area contributed by atoms with Gasteiger partial charge in [0.2, 0.25) is 0 Å². The Balaban J connectivity index is 1.74. The van der Waals surface area contributed by atoms with E-state index in [1.165, 1.54) is 24.0 Å². The quantitative estimate of drug-likeness (QED) is 0.894. The zero-order valence-electron chi connectivity index (χ0n) is 10.8. The molecule has 1 unspecified atom stereocenters. The molecular formula is C15H19N3. The molecule has 0 radical (unpaired) electrons. The zero-order chi connectivity index (χ0) is 12.4. The minimum atomic E-state index is 0.640. The fraction of sp³-hybridized carbons (Fsp3) is 0.400. The number of aromatic nitrogens is 2. The molecule has 0 spiro atoms. The van der Waals surface area contributed by atoms with Gasteiger partial charge in [0.25, 0.3) is 0 Å². The summed E-state index contributed by atoms with van der Waals surface area (Å²) in [7, 11) is 0. The second kappa shape index (κ2) is 4.94. The van der Waals surface area contributed by atoms with E-state index in [-0.39, 0.29) is 0 Å². The highest BCUT2D eigenvalue weighted by molar-refractivity contribution is 5.34. The fourth-order valence-electron chi connectivity index (χ4n) is 2.52. The van der Waals surface area contributed by atoms with Crippen LogP contribution in [0, 0.1) is 6.92 Å². The highest BCUT2D eigenvalue weighted by Crippen LogP contribution is 2.14. The molecule has 0 amide bonds. The SMILES string of the molecule is Cc1ccc(-n2cc(CC3CCCN3)cn2)cc1. The number of benzene rings is 1. The van der Waals surface area contributed by atoms with Crippen molar-refractivity contribution >= 4 is 0 Å². The highest BCUT2D eigenvalue weighted by Gasteiger charge is 2.15. The van der Waals surface area contributed by atoms with Gasteiger partial charge in [0.1, 0.15) is 0 Å². The number of aryl methyl sites for hydroxylation is 1. The summed E-state index contributed by atoms with van der Waals surface area (Å²) in [4.78, 5) is 0. The van der Waals surface area contributed by atoms with Crippen molar-refractivity contribution in [3.05, 3.63) is 47.8 Å². The Morgan fingerprint density at radius 2 is 2.17 bits per heavy atom. The molecule has 94 valence electrons. The van der Waals surface area contributed by atoms with E-state index in [4.69, 9.17) is 0 Å². The monoisotopic (exact) mass is 241 g/mol. The van der Waals surface area contributed by atoms with Crippen LogP contribution in [0.3, 0.4) is 0 Å². The molecule has 1 saturated heterocycles. The van der Waals surface area contributed by atoms with Crippen LogP contribution in [0.15, 0.2) is 36.7 Å². The van der Waals surface area contributed by atoms with E-state index in [1.807, 2.05) is 10.9 Å². The first-order chi connectivity index (χ1) is 8.81. The summed E-state index contributed by atoms with van der Waals surface area (Å²) in [5.74, 6) is 0. The third-order valence-electron chi connectivity index (χ3n) is 3.58. The van der Waals surface area contributed by atoms with Crippen LogP contribution < -0.4 is 5.32 Å². The average Bonchev–Trinajstić information content (AvgIpc) is 3.02. The van der Waals surface area contributed by atoms with Crippen LogP contribution in [0.5, 0.6) is 0 Å². The van der Waals surface area contributed by atoms with Gasteiger partial charge in [0.15, 0.2) is 0 Å². The largest absolute Gasteiger partial charge is 0.314 e. The summed E-state index contributed by atoms with van der Waals surface area (Å²) in [6.07, 6.45) is 7.81. The van der Waals surface area contributed by atoms with E-state index in [0.717, 1.165) is 18.7 Å². The van der Waals surface area contributed by atoms with Gasteiger partial charge in [-0.25, -0.2) is 4.68 Å². The maximum atomic E-state index is 4.45. The number of nitrogens with zero attached hydrogens (tertiary/aromatic N) is 2. The molecule has 3 nitrogen and oxygen atoms in total. The molecule has 3 heteroatoms. The molecule has 0 bridgehead atoms. The topological polar surface area (TPSA) is 29.9 Å². The van der Waals surface area contributed by atoms with Crippen LogP contribution in [0.1, 0.15) is 24.0 Å². The molecule has 1 aliphatic rings. The molecule has 3 rings (SSSR count). The van der Waals surface area contributed by atoms with Gasteiger partial charge in [-0.05, 0) is 50.4 Å². The van der Waals surface area contributed by atoms with Crippen LogP contribution in [0.25, 0.3) is 5.69 Å². The second-order valence-electron chi connectivity index (χ2n) is 5.13. The predicted molar refractivity (Wildman–Crippen MR) is 73.0 cm³/mol. The van der Waals surface area contributed by atoms with Gasteiger partial charge in [-0.1, -0.05) is 17.7 Å². The molecule has 0 saturated carbocycles. The van der Waals surface area contributed by atoms with Gasteiger partial charge in [-0.3, -0.25) is 0 Å². The molecule has 1 N–H and O–H groups in total. The summed E-state index contributed by atoms with van der Waals surface area (Å²) in [6, 6.07) is 9.10. The Kier molecular flexibility index (Phi) is 3.15. The van der Waals surface area contributed by atoms with E-state index < -0.39 is 0 Å². The molecule has 1 aliphatic heterocycles. The minimum Gasteiger partial charge on any atom is -0.314 e. The van der Waals surface area contributed by atoms with Crippen molar-refractivity contribution in [2.45, 2.75) is 32.2 Å². The van der Waals surface area contributed by atoms with Gasteiger partial charge >= 0.3 is 0 Å². The van der Waals surface area contributed by atoms with Crippen molar-refractivity contribution in [1.82, 2.24) is 15.1 Å². The van der Waals surface area contributed by atoms with Crippen molar-refractivity contribution in [3.63, 3.8) is 0 Å².